The van der Waals surface area contributed by atoms with E-state index in [9.17, 15) is 9.90 Å². The normalized spacial score (nSPS) is 40.6. The second-order valence-electron chi connectivity index (χ2n) is 6.77. The maximum absolute atomic E-state index is 12.0. The summed E-state index contributed by atoms with van der Waals surface area (Å²) in [5, 5.41) is 10.0. The molecule has 1 spiro atoms. The summed E-state index contributed by atoms with van der Waals surface area (Å²) in [7, 11) is 0. The van der Waals surface area contributed by atoms with Crippen molar-refractivity contribution in [3.8, 4) is 0 Å². The Morgan fingerprint density at radius 1 is 1.19 bits per heavy atom. The molecule has 92 valence electrons. The van der Waals surface area contributed by atoms with Crippen molar-refractivity contribution in [1.29, 1.82) is 0 Å². The molecule has 0 aromatic carbocycles. The van der Waals surface area contributed by atoms with Gasteiger partial charge in [0.15, 0.2) is 0 Å². The van der Waals surface area contributed by atoms with Crippen LogP contribution in [0.1, 0.15) is 59.3 Å². The highest BCUT2D eigenvalue weighted by atomic mass is 16.3. The van der Waals surface area contributed by atoms with Gasteiger partial charge in [0.25, 0.3) is 0 Å². The van der Waals surface area contributed by atoms with Crippen molar-refractivity contribution in [2.75, 3.05) is 0 Å². The molecular formula is C14H24O2. The van der Waals surface area contributed by atoms with Gasteiger partial charge in [0.2, 0.25) is 0 Å². The first-order valence-electron chi connectivity index (χ1n) is 6.58. The molecule has 0 amide bonds. The third-order valence-electron chi connectivity index (χ3n) is 4.94. The Morgan fingerprint density at radius 3 is 2.12 bits per heavy atom. The van der Waals surface area contributed by atoms with E-state index >= 15 is 0 Å². The third kappa shape index (κ3) is 1.81. The summed E-state index contributed by atoms with van der Waals surface area (Å²) in [5.41, 5.74) is -0.00400. The minimum Gasteiger partial charge on any atom is -0.392 e. The molecule has 0 heterocycles. The lowest BCUT2D eigenvalue weighted by molar-refractivity contribution is -0.133. The summed E-state index contributed by atoms with van der Waals surface area (Å²) in [6, 6.07) is 0. The average Bonchev–Trinajstić information content (AvgIpc) is 2.47. The maximum Gasteiger partial charge on any atom is 0.141 e. The van der Waals surface area contributed by atoms with Gasteiger partial charge in [-0.15, -0.1) is 0 Å². The zero-order valence-electron chi connectivity index (χ0n) is 10.8. The fourth-order valence-electron chi connectivity index (χ4n) is 3.59. The quantitative estimate of drug-likeness (QED) is 0.687. The fourth-order valence-corrected chi connectivity index (χ4v) is 3.59. The lowest BCUT2D eigenvalue weighted by Gasteiger charge is -2.42. The second-order valence-corrected chi connectivity index (χ2v) is 6.77. The highest BCUT2D eigenvalue weighted by molar-refractivity contribution is 5.87. The van der Waals surface area contributed by atoms with E-state index in [1.54, 1.807) is 0 Å². The summed E-state index contributed by atoms with van der Waals surface area (Å²) in [4.78, 5) is 12.0. The molecule has 2 nitrogen and oxygen atoms in total. The first-order chi connectivity index (χ1) is 7.36. The second kappa shape index (κ2) is 3.83. The van der Waals surface area contributed by atoms with Gasteiger partial charge in [0, 0.05) is 6.42 Å². The molecule has 0 saturated heterocycles. The molecule has 0 bridgehead atoms. The number of hydrogen-bond donors (Lipinski definition) is 1. The summed E-state index contributed by atoms with van der Waals surface area (Å²) in [5.74, 6) is 1.03. The standard InChI is InChI=1S/C14H24O2/c1-13(2,3)10-6-8-14(9-7-10)11(15)4-5-12(14)16/h10-11,15H,4-9H2,1-3H3. The molecule has 1 unspecified atom stereocenters. The van der Waals surface area contributed by atoms with Crippen molar-refractivity contribution in [1.82, 2.24) is 0 Å². The maximum atomic E-state index is 12.0. The Hall–Kier alpha value is -0.370. The summed E-state index contributed by atoms with van der Waals surface area (Å²) >= 11 is 0. The van der Waals surface area contributed by atoms with Crippen molar-refractivity contribution >= 4 is 5.78 Å². The van der Waals surface area contributed by atoms with Gasteiger partial charge in [0.05, 0.1) is 11.5 Å². The number of Topliss-reactive ketones (excluding diaryl/α,β-unsaturated/α-hetero) is 1. The van der Waals surface area contributed by atoms with Crippen LogP contribution >= 0.6 is 0 Å². The monoisotopic (exact) mass is 224 g/mol. The van der Waals surface area contributed by atoms with Crippen LogP contribution in [0.3, 0.4) is 0 Å². The summed E-state index contributed by atoms with van der Waals surface area (Å²) in [6.45, 7) is 6.84. The van der Waals surface area contributed by atoms with Crippen LogP contribution in [-0.2, 0) is 4.79 Å². The number of aliphatic hydroxyl groups is 1. The van der Waals surface area contributed by atoms with Crippen LogP contribution in [0, 0.1) is 16.7 Å². The molecule has 16 heavy (non-hydrogen) atoms. The van der Waals surface area contributed by atoms with Crippen LogP contribution in [0.15, 0.2) is 0 Å². The zero-order chi connectivity index (χ0) is 12.0. The van der Waals surface area contributed by atoms with Crippen LogP contribution in [0.25, 0.3) is 0 Å². The van der Waals surface area contributed by atoms with Crippen molar-refractivity contribution in [2.45, 2.75) is 65.4 Å². The number of hydrogen-bond acceptors (Lipinski definition) is 2. The molecule has 2 aliphatic rings. The van der Waals surface area contributed by atoms with E-state index < -0.39 is 0 Å². The van der Waals surface area contributed by atoms with Crippen LogP contribution < -0.4 is 0 Å². The van der Waals surface area contributed by atoms with Crippen LogP contribution in [0.5, 0.6) is 0 Å². The third-order valence-corrected chi connectivity index (χ3v) is 4.94. The van der Waals surface area contributed by atoms with Gasteiger partial charge in [-0.3, -0.25) is 4.79 Å². The van der Waals surface area contributed by atoms with Crippen molar-refractivity contribution in [2.24, 2.45) is 16.7 Å². The van der Waals surface area contributed by atoms with Gasteiger partial charge in [-0.1, -0.05) is 20.8 Å². The van der Waals surface area contributed by atoms with Crippen molar-refractivity contribution < 1.29 is 9.90 Å². The smallest absolute Gasteiger partial charge is 0.141 e. The van der Waals surface area contributed by atoms with Crippen molar-refractivity contribution in [3.63, 3.8) is 0 Å². The van der Waals surface area contributed by atoms with Gasteiger partial charge < -0.3 is 5.11 Å². The Kier molecular flexibility index (Phi) is 2.90. The molecular weight excluding hydrogens is 200 g/mol. The average molecular weight is 224 g/mol. The topological polar surface area (TPSA) is 37.3 Å². The minimum atomic E-state index is -0.360. The lowest BCUT2D eigenvalue weighted by Crippen LogP contribution is -2.41. The predicted molar refractivity (Wildman–Crippen MR) is 64.1 cm³/mol. The van der Waals surface area contributed by atoms with Gasteiger partial charge in [0.1, 0.15) is 5.78 Å². The van der Waals surface area contributed by atoms with Gasteiger partial charge >= 0.3 is 0 Å². The van der Waals surface area contributed by atoms with E-state index in [-0.39, 0.29) is 11.5 Å². The van der Waals surface area contributed by atoms with E-state index in [1.807, 2.05) is 0 Å². The predicted octanol–water partition coefficient (Wildman–Crippen LogP) is 2.93. The van der Waals surface area contributed by atoms with Crippen molar-refractivity contribution in [3.05, 3.63) is 0 Å². The number of aliphatic hydroxyl groups excluding tert-OH is 1. The van der Waals surface area contributed by atoms with Gasteiger partial charge in [-0.25, -0.2) is 0 Å². The van der Waals surface area contributed by atoms with E-state index in [2.05, 4.69) is 20.8 Å². The molecule has 2 heteroatoms. The summed E-state index contributed by atoms with van der Waals surface area (Å²) in [6.07, 6.45) is 4.96. The van der Waals surface area contributed by atoms with Gasteiger partial charge in [-0.05, 0) is 43.4 Å². The van der Waals surface area contributed by atoms with E-state index in [1.165, 1.54) is 0 Å². The molecule has 0 aliphatic heterocycles. The molecule has 0 radical (unpaired) electrons. The number of rotatable bonds is 0. The van der Waals surface area contributed by atoms with Gasteiger partial charge in [-0.2, -0.15) is 0 Å². The molecule has 2 fully saturated rings. The Balaban J connectivity index is 2.07. The highest BCUT2D eigenvalue weighted by Crippen LogP contribution is 2.51. The van der Waals surface area contributed by atoms with Crippen LogP contribution in [0.2, 0.25) is 0 Å². The SMILES string of the molecule is CC(C)(C)C1CCC2(CC1)C(=O)CCC2O. The first-order valence-corrected chi connectivity index (χ1v) is 6.58. The molecule has 2 aliphatic carbocycles. The molecule has 0 aromatic heterocycles. The number of ketones is 1. The first kappa shape index (κ1) is 12.1. The number of carbonyl (C=O) groups is 1. The van der Waals surface area contributed by atoms with Crippen LogP contribution in [-0.4, -0.2) is 17.0 Å². The molecule has 1 atom stereocenters. The van der Waals surface area contributed by atoms with E-state index in [0.29, 0.717) is 30.0 Å². The number of carbonyl (C=O) groups excluding carboxylic acids is 1. The molecule has 0 aromatic rings. The Morgan fingerprint density at radius 2 is 1.75 bits per heavy atom. The minimum absolute atomic E-state index is 0.326. The fraction of sp³-hybridized carbons (Fsp3) is 0.929. The van der Waals surface area contributed by atoms with E-state index in [0.717, 1.165) is 25.7 Å². The zero-order valence-corrected chi connectivity index (χ0v) is 10.8. The molecule has 2 rings (SSSR count). The van der Waals surface area contributed by atoms with Crippen LogP contribution in [0.4, 0.5) is 0 Å². The highest BCUT2D eigenvalue weighted by Gasteiger charge is 2.51. The lowest BCUT2D eigenvalue weighted by atomic mass is 9.62. The van der Waals surface area contributed by atoms with E-state index in [4.69, 9.17) is 0 Å². The summed E-state index contributed by atoms with van der Waals surface area (Å²) < 4.78 is 0. The molecule has 2 saturated carbocycles. The Labute approximate surface area is 98.4 Å². The Bertz CT molecular complexity index is 280. The molecule has 1 N–H and O–H groups in total. The largest absolute Gasteiger partial charge is 0.392 e.